The molecule has 0 aliphatic carbocycles. The van der Waals surface area contributed by atoms with Gasteiger partial charge in [0.15, 0.2) is 0 Å². The van der Waals surface area contributed by atoms with Crippen molar-refractivity contribution in [3.05, 3.63) is 23.8 Å². The van der Waals surface area contributed by atoms with Gasteiger partial charge in [0, 0.05) is 0 Å². The van der Waals surface area contributed by atoms with E-state index >= 15 is 0 Å². The largest absolute Gasteiger partial charge is 0.258 e. The van der Waals surface area contributed by atoms with Gasteiger partial charge in [0.05, 0.1) is 5.03 Å². The Bertz CT molecular complexity index is 127. The maximum atomic E-state index is 3.77. The maximum Gasteiger partial charge on any atom is 0.0952 e. The minimum absolute atomic E-state index is 0.938. The molecule has 0 unspecified atom stereocenters. The highest BCUT2D eigenvalue weighted by molar-refractivity contribution is 8.03. The lowest BCUT2D eigenvalue weighted by atomic mass is 10.6. The molecule has 0 N–H and O–H groups in total. The van der Waals surface area contributed by atoms with E-state index in [0.29, 0.717) is 0 Å². The van der Waals surface area contributed by atoms with Crippen molar-refractivity contribution >= 4 is 18.5 Å². The molecular weight excluding hydrogens is 130 g/mol. The summed E-state index contributed by atoms with van der Waals surface area (Å²) in [5.41, 5.74) is 0. The third-order valence-corrected chi connectivity index (χ3v) is 1.56. The minimum atomic E-state index is 0.938. The van der Waals surface area contributed by atoms with Crippen molar-refractivity contribution in [2.24, 2.45) is 4.99 Å². The average molecular weight is 141 g/mol. The molecule has 2 heteroatoms. The molecule has 0 fully saturated rings. The van der Waals surface area contributed by atoms with Crippen molar-refractivity contribution in [1.29, 1.82) is 0 Å². The molecule has 0 aliphatic rings. The van der Waals surface area contributed by atoms with Gasteiger partial charge >= 0.3 is 0 Å². The summed E-state index contributed by atoms with van der Waals surface area (Å²) in [5.74, 6) is 1.03. The van der Waals surface area contributed by atoms with Gasteiger partial charge in [0.1, 0.15) is 0 Å². The van der Waals surface area contributed by atoms with Crippen LogP contribution in [0.2, 0.25) is 0 Å². The molecule has 0 saturated carbocycles. The number of nitrogens with zero attached hydrogens (tertiary/aromatic N) is 1. The van der Waals surface area contributed by atoms with Gasteiger partial charge in [-0.25, -0.2) is 0 Å². The normalized spacial score (nSPS) is 11.0. The third kappa shape index (κ3) is 4.03. The molecule has 0 aromatic heterocycles. The molecule has 0 aromatic carbocycles. The van der Waals surface area contributed by atoms with Crippen molar-refractivity contribution in [3.63, 3.8) is 0 Å². The topological polar surface area (TPSA) is 12.4 Å². The summed E-state index contributed by atoms with van der Waals surface area (Å²) < 4.78 is 0. The smallest absolute Gasteiger partial charge is 0.0952 e. The summed E-state index contributed by atoms with van der Waals surface area (Å²) in [5, 5.41) is 0.938. The minimum Gasteiger partial charge on any atom is -0.258 e. The van der Waals surface area contributed by atoms with Gasteiger partial charge in [-0.1, -0.05) is 19.6 Å². The highest BCUT2D eigenvalue weighted by Gasteiger charge is 1.86. The Labute approximate surface area is 60.6 Å². The first-order valence-electron chi connectivity index (χ1n) is 2.77. The van der Waals surface area contributed by atoms with Crippen LogP contribution in [0, 0.1) is 0 Å². The van der Waals surface area contributed by atoms with Crippen LogP contribution >= 0.6 is 11.8 Å². The van der Waals surface area contributed by atoms with Crippen LogP contribution in [0.15, 0.2) is 28.8 Å². The molecule has 0 atom stereocenters. The summed E-state index contributed by atoms with van der Waals surface area (Å²) in [6.45, 7) is 9.04. The highest BCUT2D eigenvalue weighted by Crippen LogP contribution is 2.14. The van der Waals surface area contributed by atoms with E-state index in [-0.39, 0.29) is 0 Å². The summed E-state index contributed by atoms with van der Waals surface area (Å²) >= 11 is 1.66. The van der Waals surface area contributed by atoms with Crippen molar-refractivity contribution in [2.75, 3.05) is 5.75 Å². The first-order chi connectivity index (χ1) is 4.35. The van der Waals surface area contributed by atoms with E-state index in [1.165, 1.54) is 0 Å². The molecule has 0 bridgehead atoms. The molecule has 0 aromatic rings. The van der Waals surface area contributed by atoms with Gasteiger partial charge in [0.25, 0.3) is 0 Å². The van der Waals surface area contributed by atoms with Crippen LogP contribution in [0.1, 0.15) is 6.92 Å². The zero-order valence-corrected chi connectivity index (χ0v) is 6.45. The monoisotopic (exact) mass is 141 g/mol. The average Bonchev–Trinajstić information content (AvgIpc) is 1.88. The zero-order valence-electron chi connectivity index (χ0n) is 5.63. The predicted molar refractivity (Wildman–Crippen MR) is 46.0 cm³/mol. The van der Waals surface area contributed by atoms with Crippen LogP contribution in [0.4, 0.5) is 0 Å². The third-order valence-electron chi connectivity index (χ3n) is 0.708. The standard InChI is InChI=1S/C7H11NS/c1-4-6-7(8-3)9-5-2/h4,6H,1,3,5H2,2H3/b7-6+. The van der Waals surface area contributed by atoms with Crippen molar-refractivity contribution < 1.29 is 0 Å². The number of thioether (sulfide) groups is 1. The lowest BCUT2D eigenvalue weighted by molar-refractivity contribution is 1.49. The molecule has 9 heavy (non-hydrogen) atoms. The lowest BCUT2D eigenvalue weighted by Gasteiger charge is -1.92. The van der Waals surface area contributed by atoms with E-state index in [0.717, 1.165) is 10.8 Å². The van der Waals surface area contributed by atoms with Gasteiger partial charge < -0.3 is 0 Å². The Balaban J connectivity index is 3.80. The molecule has 0 saturated heterocycles. The van der Waals surface area contributed by atoms with Crippen molar-refractivity contribution in [2.45, 2.75) is 6.92 Å². The van der Waals surface area contributed by atoms with Crippen LogP contribution in [-0.4, -0.2) is 12.5 Å². The summed E-state index contributed by atoms with van der Waals surface area (Å²) in [7, 11) is 0. The van der Waals surface area contributed by atoms with Crippen LogP contribution in [0.3, 0.4) is 0 Å². The fourth-order valence-electron chi connectivity index (χ4n) is 0.395. The molecule has 0 aliphatic heterocycles. The van der Waals surface area contributed by atoms with E-state index < -0.39 is 0 Å². The number of hydrogen-bond acceptors (Lipinski definition) is 2. The van der Waals surface area contributed by atoms with E-state index in [1.807, 2.05) is 6.08 Å². The van der Waals surface area contributed by atoms with Gasteiger partial charge in [-0.05, 0) is 18.5 Å². The second kappa shape index (κ2) is 5.63. The number of aliphatic imine (C=N–C) groups is 1. The maximum absolute atomic E-state index is 3.77. The Morgan fingerprint density at radius 2 is 2.44 bits per heavy atom. The summed E-state index contributed by atoms with van der Waals surface area (Å²) in [4.78, 5) is 3.77. The van der Waals surface area contributed by atoms with Crippen molar-refractivity contribution in [1.82, 2.24) is 0 Å². The zero-order chi connectivity index (χ0) is 7.11. The molecule has 50 valence electrons. The molecule has 0 rings (SSSR count). The molecule has 0 amide bonds. The Kier molecular flexibility index (Phi) is 5.32. The number of hydrogen-bond donors (Lipinski definition) is 0. The van der Waals surface area contributed by atoms with Crippen molar-refractivity contribution in [3.8, 4) is 0 Å². The van der Waals surface area contributed by atoms with Gasteiger partial charge in [0.2, 0.25) is 0 Å². The Morgan fingerprint density at radius 1 is 1.78 bits per heavy atom. The molecule has 1 nitrogen and oxygen atoms in total. The molecular formula is C7H11NS. The molecule has 0 spiro atoms. The molecule has 0 radical (unpaired) electrons. The lowest BCUT2D eigenvalue weighted by Crippen LogP contribution is -1.69. The van der Waals surface area contributed by atoms with Gasteiger partial charge in [-0.2, -0.15) is 0 Å². The Hall–Kier alpha value is -0.500. The highest BCUT2D eigenvalue weighted by atomic mass is 32.2. The van der Waals surface area contributed by atoms with Crippen LogP contribution in [0.5, 0.6) is 0 Å². The summed E-state index contributed by atoms with van der Waals surface area (Å²) in [6, 6.07) is 0. The second-order valence-electron chi connectivity index (χ2n) is 1.33. The Morgan fingerprint density at radius 3 is 2.78 bits per heavy atom. The first-order valence-corrected chi connectivity index (χ1v) is 3.76. The number of rotatable bonds is 4. The number of allylic oxidation sites excluding steroid dienone is 2. The van der Waals surface area contributed by atoms with Gasteiger partial charge in [-0.3, -0.25) is 4.99 Å². The van der Waals surface area contributed by atoms with Gasteiger partial charge in [-0.15, -0.1) is 11.8 Å². The van der Waals surface area contributed by atoms with Crippen LogP contribution in [0.25, 0.3) is 0 Å². The SMILES string of the molecule is C=C/C=C(\N=C)SCC. The first kappa shape index (κ1) is 8.50. The van der Waals surface area contributed by atoms with E-state index in [9.17, 15) is 0 Å². The molecule has 0 heterocycles. The van der Waals surface area contributed by atoms with Crippen LogP contribution < -0.4 is 0 Å². The fourth-order valence-corrected chi connectivity index (χ4v) is 0.975. The van der Waals surface area contributed by atoms with Crippen LogP contribution in [-0.2, 0) is 0 Å². The second-order valence-corrected chi connectivity index (χ2v) is 2.62. The van der Waals surface area contributed by atoms with E-state index in [1.54, 1.807) is 17.8 Å². The van der Waals surface area contributed by atoms with E-state index in [4.69, 9.17) is 0 Å². The van der Waals surface area contributed by atoms with E-state index in [2.05, 4.69) is 25.2 Å². The fraction of sp³-hybridized carbons (Fsp3) is 0.286. The predicted octanol–water partition coefficient (Wildman–Crippen LogP) is 2.47. The summed E-state index contributed by atoms with van der Waals surface area (Å²) in [6.07, 6.45) is 3.56. The quantitative estimate of drug-likeness (QED) is 0.433.